The van der Waals surface area contributed by atoms with E-state index >= 15 is 0 Å². The molecule has 3 aromatic rings. The molecule has 25 heavy (non-hydrogen) atoms. The molecule has 3 heteroatoms. The van der Waals surface area contributed by atoms with Crippen LogP contribution in [-0.4, -0.2) is 19.1 Å². The maximum absolute atomic E-state index is 11.6. The number of carboxylic acids is 1. The van der Waals surface area contributed by atoms with Crippen LogP contribution in [0.3, 0.4) is 0 Å². The molecule has 124 valence electrons. The zero-order valence-corrected chi connectivity index (χ0v) is 14.9. The topological polar surface area (TPSA) is 37.3 Å². The van der Waals surface area contributed by atoms with Gasteiger partial charge in [-0.15, -0.1) is 0 Å². The van der Waals surface area contributed by atoms with E-state index in [0.29, 0.717) is 6.04 Å². The maximum atomic E-state index is 11.6. The Morgan fingerprint density at radius 2 is 1.04 bits per heavy atom. The first-order valence-corrected chi connectivity index (χ1v) is 10.4. The Morgan fingerprint density at radius 3 is 1.32 bits per heavy atom. The van der Waals surface area contributed by atoms with E-state index in [0.717, 1.165) is 0 Å². The van der Waals surface area contributed by atoms with Gasteiger partial charge < -0.3 is 5.11 Å². The summed E-state index contributed by atoms with van der Waals surface area (Å²) in [6.07, 6.45) is 0. The summed E-state index contributed by atoms with van der Waals surface area (Å²) in [7, 11) is -2.53. The van der Waals surface area contributed by atoms with Crippen molar-refractivity contribution in [2.75, 3.05) is 0 Å². The van der Waals surface area contributed by atoms with Crippen molar-refractivity contribution in [3.63, 3.8) is 0 Å². The van der Waals surface area contributed by atoms with Crippen LogP contribution < -0.4 is 15.6 Å². The van der Waals surface area contributed by atoms with Gasteiger partial charge in [-0.25, -0.2) is 4.79 Å². The quantitative estimate of drug-likeness (QED) is 0.424. The summed E-state index contributed by atoms with van der Waals surface area (Å²) >= 11 is 0. The van der Waals surface area contributed by atoms with Gasteiger partial charge >= 0.3 is 5.97 Å². The summed E-state index contributed by atoms with van der Waals surface area (Å²) in [5.74, 6) is -0.931. The number of carbonyl (C=O) groups is 1. The second kappa shape index (κ2) is 7.32. The van der Waals surface area contributed by atoms with Crippen LogP contribution >= 0.6 is 0 Å². The molecule has 0 unspecified atom stereocenters. The van der Waals surface area contributed by atoms with Crippen LogP contribution in [0.4, 0.5) is 0 Å². The molecular weight excluding hydrogens is 324 g/mol. The minimum atomic E-state index is -2.53. The predicted molar refractivity (Wildman–Crippen MR) is 106 cm³/mol. The minimum Gasteiger partial charge on any atom is -0.478 e. The monoisotopic (exact) mass is 344 g/mol. The first kappa shape index (κ1) is 16.9. The van der Waals surface area contributed by atoms with Gasteiger partial charge in [-0.2, -0.15) is 0 Å². The Kier molecular flexibility index (Phi) is 4.96. The Bertz CT molecular complexity index is 762. The van der Waals surface area contributed by atoms with Crippen molar-refractivity contribution in [1.29, 1.82) is 0 Å². The molecular formula is C22H20O2Si. The Morgan fingerprint density at radius 1 is 0.720 bits per heavy atom. The van der Waals surface area contributed by atoms with Crippen molar-refractivity contribution >= 4 is 29.6 Å². The number of hydrogen-bond donors (Lipinski definition) is 1. The molecule has 0 heterocycles. The van der Waals surface area contributed by atoms with Crippen molar-refractivity contribution in [3.05, 3.63) is 103 Å². The lowest BCUT2D eigenvalue weighted by Gasteiger charge is -2.33. The summed E-state index contributed by atoms with van der Waals surface area (Å²) in [6, 6.07) is 31.2. The zero-order valence-electron chi connectivity index (χ0n) is 13.9. The lowest BCUT2D eigenvalue weighted by Crippen LogP contribution is -2.67. The van der Waals surface area contributed by atoms with Gasteiger partial charge in [-0.1, -0.05) is 97.6 Å². The summed E-state index contributed by atoms with van der Waals surface area (Å²) in [6.45, 7) is 3.85. The normalized spacial score (nSPS) is 11.0. The number of aliphatic carboxylic acids is 1. The molecule has 0 spiro atoms. The van der Waals surface area contributed by atoms with Crippen molar-refractivity contribution < 1.29 is 9.90 Å². The van der Waals surface area contributed by atoms with Crippen molar-refractivity contribution in [2.45, 2.75) is 6.04 Å². The van der Waals surface area contributed by atoms with Crippen LogP contribution in [0.25, 0.3) is 0 Å². The molecule has 0 aliphatic carbocycles. The molecule has 3 rings (SSSR count). The van der Waals surface area contributed by atoms with Crippen LogP contribution in [0.1, 0.15) is 0 Å². The van der Waals surface area contributed by atoms with E-state index in [1.807, 2.05) is 54.6 Å². The molecule has 0 saturated heterocycles. The first-order valence-electron chi connectivity index (χ1n) is 8.22. The summed E-state index contributed by atoms with van der Waals surface area (Å²) in [4.78, 5) is 11.6. The third-order valence-electron chi connectivity index (χ3n) is 4.58. The molecule has 0 amide bonds. The smallest absolute Gasteiger partial charge is 0.330 e. The molecule has 0 aliphatic heterocycles. The Labute approximate surface area is 149 Å². The van der Waals surface area contributed by atoms with Gasteiger partial charge in [0.2, 0.25) is 0 Å². The van der Waals surface area contributed by atoms with Gasteiger partial charge in [0, 0.05) is 5.57 Å². The highest BCUT2D eigenvalue weighted by Crippen LogP contribution is 2.18. The van der Waals surface area contributed by atoms with E-state index in [-0.39, 0.29) is 5.57 Å². The largest absolute Gasteiger partial charge is 0.478 e. The van der Waals surface area contributed by atoms with E-state index in [4.69, 9.17) is 0 Å². The highest BCUT2D eigenvalue weighted by atomic mass is 28.3. The lowest BCUT2D eigenvalue weighted by atomic mass is 10.3. The second-order valence-electron chi connectivity index (χ2n) is 6.09. The fourth-order valence-electron chi connectivity index (χ4n) is 3.37. The van der Waals surface area contributed by atoms with Crippen LogP contribution in [-0.2, 0) is 4.79 Å². The third-order valence-corrected chi connectivity index (χ3v) is 9.49. The van der Waals surface area contributed by atoms with E-state index in [1.54, 1.807) is 0 Å². The fraction of sp³-hybridized carbons (Fsp3) is 0.0455. The summed E-state index contributed by atoms with van der Waals surface area (Å²) in [5, 5.41) is 13.1. The van der Waals surface area contributed by atoms with Gasteiger partial charge in [-0.05, 0) is 21.6 Å². The van der Waals surface area contributed by atoms with Crippen LogP contribution in [0, 0.1) is 0 Å². The maximum Gasteiger partial charge on any atom is 0.330 e. The van der Waals surface area contributed by atoms with E-state index in [1.165, 1.54) is 15.6 Å². The van der Waals surface area contributed by atoms with Gasteiger partial charge in [0.15, 0.2) is 8.07 Å². The van der Waals surface area contributed by atoms with E-state index in [2.05, 4.69) is 43.0 Å². The van der Waals surface area contributed by atoms with E-state index < -0.39 is 14.0 Å². The first-order chi connectivity index (χ1) is 12.1. The number of benzene rings is 3. The number of rotatable bonds is 6. The molecule has 2 nitrogen and oxygen atoms in total. The molecule has 0 fully saturated rings. The molecule has 3 aromatic carbocycles. The Balaban J connectivity index is 2.31. The molecule has 0 aromatic heterocycles. The van der Waals surface area contributed by atoms with Gasteiger partial charge in [0.25, 0.3) is 0 Å². The standard InChI is InChI=1S/C22H20O2Si/c1-18(22(23)24)17-25(19-11-5-2-6-12-19,20-13-7-3-8-14-20)21-15-9-4-10-16-21/h2-16H,1,17H2,(H,23,24). The average Bonchev–Trinajstić information content (AvgIpc) is 2.68. The zero-order chi connectivity index (χ0) is 17.7. The van der Waals surface area contributed by atoms with Crippen molar-refractivity contribution in [1.82, 2.24) is 0 Å². The van der Waals surface area contributed by atoms with Crippen LogP contribution in [0.15, 0.2) is 103 Å². The summed E-state index contributed by atoms with van der Waals surface area (Å²) < 4.78 is 0. The summed E-state index contributed by atoms with van der Waals surface area (Å²) in [5.41, 5.74) is 0.253. The Hall–Kier alpha value is -2.91. The molecule has 0 saturated carbocycles. The van der Waals surface area contributed by atoms with Crippen LogP contribution in [0.5, 0.6) is 0 Å². The average molecular weight is 344 g/mol. The highest BCUT2D eigenvalue weighted by Gasteiger charge is 2.40. The fourth-order valence-corrected chi connectivity index (χ4v) is 8.06. The lowest BCUT2D eigenvalue weighted by molar-refractivity contribution is -0.132. The minimum absolute atomic E-state index is 0.253. The van der Waals surface area contributed by atoms with Crippen molar-refractivity contribution in [3.8, 4) is 0 Å². The third kappa shape index (κ3) is 3.32. The number of hydrogen-bond acceptors (Lipinski definition) is 1. The highest BCUT2D eigenvalue weighted by molar-refractivity contribution is 7.12. The van der Waals surface area contributed by atoms with Crippen molar-refractivity contribution in [2.24, 2.45) is 0 Å². The number of carboxylic acid groups (broad SMARTS) is 1. The molecule has 0 atom stereocenters. The molecule has 0 radical (unpaired) electrons. The SMILES string of the molecule is C=C(C[Si](c1ccccc1)(c1ccccc1)c1ccccc1)C(=O)O. The van der Waals surface area contributed by atoms with Gasteiger partial charge in [0.1, 0.15) is 0 Å². The molecule has 0 bridgehead atoms. The predicted octanol–water partition coefficient (Wildman–Crippen LogP) is 2.80. The van der Waals surface area contributed by atoms with E-state index in [9.17, 15) is 9.90 Å². The van der Waals surface area contributed by atoms with Gasteiger partial charge in [0.05, 0.1) is 0 Å². The van der Waals surface area contributed by atoms with Gasteiger partial charge in [-0.3, -0.25) is 0 Å². The molecule has 0 aliphatic rings. The van der Waals surface area contributed by atoms with Crippen LogP contribution in [0.2, 0.25) is 6.04 Å². The second-order valence-corrected chi connectivity index (χ2v) is 9.99. The molecule has 1 N–H and O–H groups in total.